The van der Waals surface area contributed by atoms with Crippen LogP contribution in [0, 0.1) is 0 Å². The summed E-state index contributed by atoms with van der Waals surface area (Å²) >= 11 is 6.17. The van der Waals surface area contributed by atoms with Crippen molar-refractivity contribution in [3.63, 3.8) is 0 Å². The summed E-state index contributed by atoms with van der Waals surface area (Å²) < 4.78 is 0. The van der Waals surface area contributed by atoms with Crippen molar-refractivity contribution in [3.8, 4) is 0 Å². The Morgan fingerprint density at radius 2 is 1.65 bits per heavy atom. The van der Waals surface area contributed by atoms with E-state index in [1.807, 2.05) is 12.1 Å². The SMILES string of the molecule is [O]CCCCCc1cccc2c(Cl)cccc12. The van der Waals surface area contributed by atoms with Crippen molar-refractivity contribution in [1.82, 2.24) is 0 Å². The molecule has 0 saturated heterocycles. The van der Waals surface area contributed by atoms with Gasteiger partial charge in [0.05, 0.1) is 6.61 Å². The minimum absolute atomic E-state index is 0.0430. The topological polar surface area (TPSA) is 19.9 Å². The molecule has 0 bridgehead atoms. The summed E-state index contributed by atoms with van der Waals surface area (Å²) in [6.45, 7) is 0.0430. The lowest BCUT2D eigenvalue weighted by Crippen LogP contribution is -1.89. The highest BCUT2D eigenvalue weighted by Gasteiger charge is 2.03. The fourth-order valence-corrected chi connectivity index (χ4v) is 2.39. The monoisotopic (exact) mass is 247 g/mol. The van der Waals surface area contributed by atoms with Crippen LogP contribution < -0.4 is 0 Å². The highest BCUT2D eigenvalue weighted by molar-refractivity contribution is 6.35. The maximum Gasteiger partial charge on any atom is 0.0822 e. The van der Waals surface area contributed by atoms with Gasteiger partial charge in [0.2, 0.25) is 0 Å². The maximum absolute atomic E-state index is 10.4. The van der Waals surface area contributed by atoms with E-state index in [4.69, 9.17) is 11.6 Å². The Hall–Kier alpha value is -1.05. The molecule has 0 aliphatic carbocycles. The Morgan fingerprint density at radius 3 is 2.47 bits per heavy atom. The van der Waals surface area contributed by atoms with E-state index in [0.717, 1.165) is 36.1 Å². The molecule has 0 heterocycles. The predicted molar refractivity (Wildman–Crippen MR) is 72.1 cm³/mol. The predicted octanol–water partition coefficient (Wildman–Crippen LogP) is 4.64. The van der Waals surface area contributed by atoms with Gasteiger partial charge < -0.3 is 0 Å². The zero-order chi connectivity index (χ0) is 12.1. The second-order valence-electron chi connectivity index (χ2n) is 4.27. The van der Waals surface area contributed by atoms with Crippen molar-refractivity contribution in [1.29, 1.82) is 0 Å². The fraction of sp³-hybridized carbons (Fsp3) is 0.333. The highest BCUT2D eigenvalue weighted by atomic mass is 35.5. The molecule has 2 aromatic rings. The lowest BCUT2D eigenvalue weighted by molar-refractivity contribution is 0.186. The molecule has 0 atom stereocenters. The molecule has 0 fully saturated rings. The van der Waals surface area contributed by atoms with Gasteiger partial charge in [0.25, 0.3) is 0 Å². The minimum atomic E-state index is 0.0430. The van der Waals surface area contributed by atoms with Gasteiger partial charge in [-0.15, -0.1) is 0 Å². The zero-order valence-corrected chi connectivity index (χ0v) is 10.5. The summed E-state index contributed by atoms with van der Waals surface area (Å²) in [4.78, 5) is 0. The third-order valence-corrected chi connectivity index (χ3v) is 3.38. The molecule has 2 aromatic carbocycles. The van der Waals surface area contributed by atoms with Gasteiger partial charge in [-0.2, -0.15) is 0 Å². The van der Waals surface area contributed by atoms with Crippen LogP contribution in [0.4, 0.5) is 0 Å². The van der Waals surface area contributed by atoms with Crippen molar-refractivity contribution in [2.75, 3.05) is 6.61 Å². The van der Waals surface area contributed by atoms with E-state index in [1.54, 1.807) is 0 Å². The molecule has 0 spiro atoms. The summed E-state index contributed by atoms with van der Waals surface area (Å²) in [5, 5.41) is 13.5. The Labute approximate surface area is 107 Å². The number of halogens is 1. The minimum Gasteiger partial charge on any atom is -0.237 e. The molecule has 0 N–H and O–H groups in total. The van der Waals surface area contributed by atoms with Crippen LogP contribution in [0.5, 0.6) is 0 Å². The van der Waals surface area contributed by atoms with Crippen LogP contribution >= 0.6 is 11.6 Å². The van der Waals surface area contributed by atoms with Crippen LogP contribution in [0.2, 0.25) is 5.02 Å². The lowest BCUT2D eigenvalue weighted by Gasteiger charge is -2.07. The van der Waals surface area contributed by atoms with Crippen LogP contribution in [0.1, 0.15) is 24.8 Å². The summed E-state index contributed by atoms with van der Waals surface area (Å²) in [6.07, 6.45) is 3.90. The van der Waals surface area contributed by atoms with Crippen LogP contribution in [0.15, 0.2) is 36.4 Å². The first-order chi connectivity index (χ1) is 8.33. The van der Waals surface area contributed by atoms with E-state index in [1.165, 1.54) is 10.9 Å². The quantitative estimate of drug-likeness (QED) is 0.686. The molecule has 2 heteroatoms. The molecule has 1 radical (unpaired) electrons. The van der Waals surface area contributed by atoms with Crippen LogP contribution in [-0.4, -0.2) is 6.61 Å². The molecule has 0 amide bonds. The van der Waals surface area contributed by atoms with Crippen molar-refractivity contribution in [3.05, 3.63) is 47.0 Å². The van der Waals surface area contributed by atoms with Crippen LogP contribution in [-0.2, 0) is 11.5 Å². The van der Waals surface area contributed by atoms with Gasteiger partial charge >= 0.3 is 0 Å². The highest BCUT2D eigenvalue weighted by Crippen LogP contribution is 2.26. The van der Waals surface area contributed by atoms with Gasteiger partial charge in [0, 0.05) is 10.4 Å². The molecular formula is C15H16ClO. The number of aryl methyl sites for hydroxylation is 1. The Morgan fingerprint density at radius 1 is 0.882 bits per heavy atom. The van der Waals surface area contributed by atoms with E-state index < -0.39 is 0 Å². The van der Waals surface area contributed by atoms with Gasteiger partial charge in [-0.25, -0.2) is 5.11 Å². The zero-order valence-electron chi connectivity index (χ0n) is 9.79. The number of fused-ring (bicyclic) bond motifs is 1. The van der Waals surface area contributed by atoms with Crippen molar-refractivity contribution >= 4 is 22.4 Å². The van der Waals surface area contributed by atoms with Gasteiger partial charge in [0.1, 0.15) is 0 Å². The summed E-state index contributed by atoms with van der Waals surface area (Å²) in [5.74, 6) is 0. The Kier molecular flexibility index (Phi) is 4.41. The number of unbranched alkanes of at least 4 members (excludes halogenated alkanes) is 2. The molecule has 0 saturated carbocycles. The standard InChI is InChI=1S/C15H16ClO/c16-15-10-5-8-13-12(6-2-1-3-11-17)7-4-9-14(13)15/h4-5,7-10H,1-3,6,11H2. The van der Waals surface area contributed by atoms with Crippen molar-refractivity contribution in [2.45, 2.75) is 25.7 Å². The molecule has 0 unspecified atom stereocenters. The average Bonchev–Trinajstić information content (AvgIpc) is 2.36. The molecule has 1 nitrogen and oxygen atoms in total. The fourth-order valence-electron chi connectivity index (χ4n) is 2.15. The van der Waals surface area contributed by atoms with Crippen molar-refractivity contribution in [2.24, 2.45) is 0 Å². The van der Waals surface area contributed by atoms with Crippen LogP contribution in [0.25, 0.3) is 10.8 Å². The maximum atomic E-state index is 10.4. The van der Waals surface area contributed by atoms with E-state index in [9.17, 15) is 5.11 Å². The smallest absolute Gasteiger partial charge is 0.0822 e. The molecule has 0 aromatic heterocycles. The normalized spacial score (nSPS) is 10.9. The first kappa shape index (κ1) is 12.4. The third-order valence-electron chi connectivity index (χ3n) is 3.05. The van der Waals surface area contributed by atoms with E-state index in [-0.39, 0.29) is 6.61 Å². The molecular weight excluding hydrogens is 232 g/mol. The second kappa shape index (κ2) is 6.04. The van der Waals surface area contributed by atoms with E-state index in [2.05, 4.69) is 24.3 Å². The van der Waals surface area contributed by atoms with Gasteiger partial charge in [-0.3, -0.25) is 0 Å². The second-order valence-corrected chi connectivity index (χ2v) is 4.67. The van der Waals surface area contributed by atoms with Crippen molar-refractivity contribution < 1.29 is 5.11 Å². The van der Waals surface area contributed by atoms with Gasteiger partial charge in [-0.05, 0) is 36.3 Å². The number of hydrogen-bond donors (Lipinski definition) is 0. The Balaban J connectivity index is 2.19. The number of benzene rings is 2. The molecule has 17 heavy (non-hydrogen) atoms. The first-order valence-electron chi connectivity index (χ1n) is 6.07. The Bertz CT molecular complexity index is 493. The van der Waals surface area contributed by atoms with Gasteiger partial charge in [-0.1, -0.05) is 48.4 Å². The molecule has 89 valence electrons. The van der Waals surface area contributed by atoms with E-state index in [0.29, 0.717) is 0 Å². The molecule has 0 aliphatic rings. The van der Waals surface area contributed by atoms with Gasteiger partial charge in [0.15, 0.2) is 0 Å². The average molecular weight is 248 g/mol. The largest absolute Gasteiger partial charge is 0.237 e. The summed E-state index contributed by atoms with van der Waals surface area (Å²) in [5.41, 5.74) is 1.33. The lowest BCUT2D eigenvalue weighted by atomic mass is 10.00. The third kappa shape index (κ3) is 2.99. The number of hydrogen-bond acceptors (Lipinski definition) is 0. The molecule has 2 rings (SSSR count). The van der Waals surface area contributed by atoms with E-state index >= 15 is 0 Å². The first-order valence-corrected chi connectivity index (χ1v) is 6.45. The van der Waals surface area contributed by atoms with Crippen LogP contribution in [0.3, 0.4) is 0 Å². The molecule has 0 aliphatic heterocycles. The number of rotatable bonds is 5. The summed E-state index contributed by atoms with van der Waals surface area (Å²) in [7, 11) is 0. The summed E-state index contributed by atoms with van der Waals surface area (Å²) in [6, 6.07) is 12.3.